The highest BCUT2D eigenvalue weighted by atomic mass is 16.5. The zero-order chi connectivity index (χ0) is 15.3. The highest BCUT2D eigenvalue weighted by molar-refractivity contribution is 5.84. The van der Waals surface area contributed by atoms with E-state index in [0.29, 0.717) is 26.2 Å². The highest BCUT2D eigenvalue weighted by Gasteiger charge is 2.31. The van der Waals surface area contributed by atoms with Gasteiger partial charge >= 0.3 is 0 Å². The number of piperazine rings is 1. The number of hydrogen-bond acceptors (Lipinski definition) is 4. The highest BCUT2D eigenvalue weighted by Crippen LogP contribution is 2.10. The minimum absolute atomic E-state index is 0.0677. The van der Waals surface area contributed by atoms with Crippen molar-refractivity contribution in [2.75, 3.05) is 46.9 Å². The van der Waals surface area contributed by atoms with Crippen LogP contribution in [-0.4, -0.2) is 85.5 Å². The summed E-state index contributed by atoms with van der Waals surface area (Å²) in [6.07, 6.45) is 0. The van der Waals surface area contributed by atoms with Gasteiger partial charge in [0.25, 0.3) is 0 Å². The molecule has 0 bridgehead atoms. The molecule has 20 heavy (non-hydrogen) atoms. The van der Waals surface area contributed by atoms with Crippen LogP contribution < -0.4 is 0 Å². The molecular weight excluding hydrogens is 258 g/mol. The van der Waals surface area contributed by atoms with Crippen molar-refractivity contribution in [3.8, 4) is 0 Å². The normalized spacial score (nSPS) is 18.5. The molecule has 0 spiro atoms. The third kappa shape index (κ3) is 4.18. The van der Waals surface area contributed by atoms with Crippen LogP contribution in [0, 0.1) is 0 Å². The first-order chi connectivity index (χ1) is 9.38. The number of carbonyl (C=O) groups is 2. The predicted octanol–water partition coefficient (Wildman–Crippen LogP) is 0.0323. The maximum atomic E-state index is 12.3. The topological polar surface area (TPSA) is 53.1 Å². The van der Waals surface area contributed by atoms with E-state index in [2.05, 4.69) is 0 Å². The molecular formula is C14H27N3O3. The molecule has 1 fully saturated rings. The van der Waals surface area contributed by atoms with Gasteiger partial charge in [0, 0.05) is 39.8 Å². The molecule has 1 atom stereocenters. The van der Waals surface area contributed by atoms with E-state index in [9.17, 15) is 9.59 Å². The Morgan fingerprint density at radius 1 is 1.35 bits per heavy atom. The van der Waals surface area contributed by atoms with Gasteiger partial charge in [-0.2, -0.15) is 0 Å². The average Bonchev–Trinajstić information content (AvgIpc) is 2.43. The molecule has 2 amide bonds. The fourth-order valence-corrected chi connectivity index (χ4v) is 2.20. The smallest absolute Gasteiger partial charge is 0.239 e. The number of ether oxygens (including phenoxy) is 1. The quantitative estimate of drug-likeness (QED) is 0.691. The van der Waals surface area contributed by atoms with E-state index in [4.69, 9.17) is 4.74 Å². The van der Waals surface area contributed by atoms with E-state index in [1.807, 2.05) is 25.7 Å². The molecule has 6 nitrogen and oxygen atoms in total. The average molecular weight is 285 g/mol. The van der Waals surface area contributed by atoms with Crippen LogP contribution in [0.5, 0.6) is 0 Å². The first kappa shape index (κ1) is 16.9. The molecule has 1 aliphatic rings. The SMILES string of the molecule is COCCN1CCN(C(C)C(=O)N(C)C(C)C)CC1=O. The van der Waals surface area contributed by atoms with E-state index in [0.717, 1.165) is 6.54 Å². The number of carbonyl (C=O) groups excluding carboxylic acids is 2. The second kappa shape index (κ2) is 7.59. The Kier molecular flexibility index (Phi) is 6.42. The Bertz CT molecular complexity index is 347. The fraction of sp³-hybridized carbons (Fsp3) is 0.857. The largest absolute Gasteiger partial charge is 0.383 e. The molecule has 0 aromatic rings. The third-order valence-electron chi connectivity index (χ3n) is 3.94. The van der Waals surface area contributed by atoms with Crippen molar-refractivity contribution in [3.63, 3.8) is 0 Å². The summed E-state index contributed by atoms with van der Waals surface area (Å²) in [5.74, 6) is 0.137. The number of rotatable bonds is 6. The number of nitrogens with zero attached hydrogens (tertiary/aromatic N) is 3. The summed E-state index contributed by atoms with van der Waals surface area (Å²) >= 11 is 0. The van der Waals surface area contributed by atoms with Crippen molar-refractivity contribution in [3.05, 3.63) is 0 Å². The molecule has 0 saturated carbocycles. The van der Waals surface area contributed by atoms with Crippen LogP contribution in [0.25, 0.3) is 0 Å². The van der Waals surface area contributed by atoms with Crippen LogP contribution in [0.3, 0.4) is 0 Å². The molecule has 1 heterocycles. The summed E-state index contributed by atoms with van der Waals surface area (Å²) in [6, 6.07) is -0.0837. The lowest BCUT2D eigenvalue weighted by Crippen LogP contribution is -2.57. The van der Waals surface area contributed by atoms with Gasteiger partial charge in [0.15, 0.2) is 0 Å². The van der Waals surface area contributed by atoms with Gasteiger partial charge in [-0.1, -0.05) is 0 Å². The van der Waals surface area contributed by atoms with Crippen molar-refractivity contribution in [2.24, 2.45) is 0 Å². The number of amides is 2. The Balaban J connectivity index is 2.54. The summed E-state index contributed by atoms with van der Waals surface area (Å²) in [5, 5.41) is 0. The predicted molar refractivity (Wildman–Crippen MR) is 77.4 cm³/mol. The van der Waals surface area contributed by atoms with Gasteiger partial charge in [-0.25, -0.2) is 0 Å². The van der Waals surface area contributed by atoms with Crippen LogP contribution in [-0.2, 0) is 14.3 Å². The second-order valence-corrected chi connectivity index (χ2v) is 5.56. The van der Waals surface area contributed by atoms with Crippen molar-refractivity contribution < 1.29 is 14.3 Å². The maximum Gasteiger partial charge on any atom is 0.239 e. The van der Waals surface area contributed by atoms with E-state index >= 15 is 0 Å². The molecule has 1 rings (SSSR count). The van der Waals surface area contributed by atoms with Crippen molar-refractivity contribution in [1.82, 2.24) is 14.7 Å². The van der Waals surface area contributed by atoms with E-state index in [1.165, 1.54) is 0 Å². The van der Waals surface area contributed by atoms with Crippen molar-refractivity contribution in [1.29, 1.82) is 0 Å². The Morgan fingerprint density at radius 2 is 2.00 bits per heavy atom. The third-order valence-corrected chi connectivity index (χ3v) is 3.94. The minimum Gasteiger partial charge on any atom is -0.383 e. The summed E-state index contributed by atoms with van der Waals surface area (Å²) in [6.45, 7) is 8.71. The van der Waals surface area contributed by atoms with Crippen LogP contribution in [0.2, 0.25) is 0 Å². The minimum atomic E-state index is -0.254. The van der Waals surface area contributed by atoms with Gasteiger partial charge in [0.05, 0.1) is 19.2 Å². The Morgan fingerprint density at radius 3 is 2.50 bits per heavy atom. The standard InChI is InChI=1S/C14H27N3O3/c1-11(2)15(4)14(19)12(3)17-7-6-16(8-9-20-5)13(18)10-17/h11-12H,6-10H2,1-5H3. The number of likely N-dealkylation sites (N-methyl/N-ethyl adjacent to an activating group) is 1. The molecule has 0 radical (unpaired) electrons. The zero-order valence-electron chi connectivity index (χ0n) is 13.3. The first-order valence-corrected chi connectivity index (χ1v) is 7.16. The fourth-order valence-electron chi connectivity index (χ4n) is 2.20. The zero-order valence-corrected chi connectivity index (χ0v) is 13.3. The van der Waals surface area contributed by atoms with E-state index in [1.54, 1.807) is 24.0 Å². The number of hydrogen-bond donors (Lipinski definition) is 0. The second-order valence-electron chi connectivity index (χ2n) is 5.56. The van der Waals surface area contributed by atoms with Crippen molar-refractivity contribution >= 4 is 11.8 Å². The van der Waals surface area contributed by atoms with Gasteiger partial charge in [-0.15, -0.1) is 0 Å². The molecule has 0 aliphatic carbocycles. The Labute approximate surface area is 121 Å². The van der Waals surface area contributed by atoms with E-state index < -0.39 is 0 Å². The van der Waals surface area contributed by atoms with Gasteiger partial charge in [0.1, 0.15) is 0 Å². The van der Waals surface area contributed by atoms with E-state index in [-0.39, 0.29) is 23.9 Å². The molecule has 0 N–H and O–H groups in total. The lowest BCUT2D eigenvalue weighted by molar-refractivity contribution is -0.143. The van der Waals surface area contributed by atoms with Gasteiger partial charge < -0.3 is 14.5 Å². The van der Waals surface area contributed by atoms with Gasteiger partial charge in [-0.05, 0) is 20.8 Å². The number of methoxy groups -OCH3 is 1. The van der Waals surface area contributed by atoms with Gasteiger partial charge in [0.2, 0.25) is 11.8 Å². The molecule has 6 heteroatoms. The lowest BCUT2D eigenvalue weighted by Gasteiger charge is -2.38. The first-order valence-electron chi connectivity index (χ1n) is 7.16. The molecule has 1 unspecified atom stereocenters. The summed E-state index contributed by atoms with van der Waals surface area (Å²) in [5.41, 5.74) is 0. The molecule has 1 aliphatic heterocycles. The van der Waals surface area contributed by atoms with Crippen LogP contribution in [0.4, 0.5) is 0 Å². The lowest BCUT2D eigenvalue weighted by atomic mass is 10.2. The van der Waals surface area contributed by atoms with Crippen LogP contribution in [0.15, 0.2) is 0 Å². The Hall–Kier alpha value is -1.14. The summed E-state index contributed by atoms with van der Waals surface area (Å²) in [7, 11) is 3.43. The molecule has 1 saturated heterocycles. The van der Waals surface area contributed by atoms with Crippen LogP contribution >= 0.6 is 0 Å². The van der Waals surface area contributed by atoms with Crippen molar-refractivity contribution in [2.45, 2.75) is 32.9 Å². The monoisotopic (exact) mass is 285 g/mol. The maximum absolute atomic E-state index is 12.3. The van der Waals surface area contributed by atoms with Gasteiger partial charge in [-0.3, -0.25) is 14.5 Å². The molecule has 116 valence electrons. The van der Waals surface area contributed by atoms with Crippen LogP contribution in [0.1, 0.15) is 20.8 Å². The molecule has 0 aromatic carbocycles. The summed E-state index contributed by atoms with van der Waals surface area (Å²) < 4.78 is 4.99. The summed E-state index contributed by atoms with van der Waals surface area (Å²) in [4.78, 5) is 29.8. The molecule has 0 aromatic heterocycles.